The van der Waals surface area contributed by atoms with E-state index >= 15 is 0 Å². The first-order valence-corrected chi connectivity index (χ1v) is 9.58. The number of aromatic nitrogens is 2. The Balaban J connectivity index is 1.84. The molecule has 1 amide bonds. The molecule has 0 atom stereocenters. The summed E-state index contributed by atoms with van der Waals surface area (Å²) < 4.78 is 5.84. The van der Waals surface area contributed by atoms with Gasteiger partial charge >= 0.3 is 0 Å². The van der Waals surface area contributed by atoms with E-state index in [2.05, 4.69) is 26.7 Å². The number of carbonyl (C=O) groups is 1. The van der Waals surface area contributed by atoms with E-state index in [1.165, 1.54) is 0 Å². The van der Waals surface area contributed by atoms with Gasteiger partial charge in [0.15, 0.2) is 0 Å². The number of nitrogens with one attached hydrogen (secondary N) is 2. The number of carbonyl (C=O) groups excluding carboxylic acids is 1. The highest BCUT2D eigenvalue weighted by Gasteiger charge is 2.13. The molecule has 2 aromatic carbocycles. The number of aryl methyl sites for hydroxylation is 3. The van der Waals surface area contributed by atoms with Crippen molar-refractivity contribution in [2.45, 2.75) is 40.7 Å². The van der Waals surface area contributed by atoms with Crippen LogP contribution >= 0.6 is 0 Å². The van der Waals surface area contributed by atoms with Gasteiger partial charge in [0.1, 0.15) is 23.1 Å². The van der Waals surface area contributed by atoms with Gasteiger partial charge in [0.2, 0.25) is 0 Å². The smallest absolute Gasteiger partial charge is 0.274 e. The predicted molar refractivity (Wildman–Crippen MR) is 116 cm³/mol. The molecule has 3 rings (SSSR count). The second-order valence-electron chi connectivity index (χ2n) is 7.30. The fourth-order valence-corrected chi connectivity index (χ4v) is 3.05. The van der Waals surface area contributed by atoms with Gasteiger partial charge in [-0.25, -0.2) is 9.97 Å². The normalized spacial score (nSPS) is 10.7. The van der Waals surface area contributed by atoms with Crippen molar-refractivity contribution < 1.29 is 9.53 Å². The third-order valence-electron chi connectivity index (χ3n) is 4.06. The number of anilines is 3. The summed E-state index contributed by atoms with van der Waals surface area (Å²) in [6, 6.07) is 15.2. The first-order valence-electron chi connectivity index (χ1n) is 9.58. The molecule has 150 valence electrons. The number of amides is 1. The van der Waals surface area contributed by atoms with Gasteiger partial charge in [0.25, 0.3) is 5.91 Å². The molecule has 0 fully saturated rings. The quantitative estimate of drug-likeness (QED) is 0.606. The molecule has 1 heterocycles. The van der Waals surface area contributed by atoms with Crippen LogP contribution in [0, 0.1) is 20.8 Å². The van der Waals surface area contributed by atoms with Crippen LogP contribution in [0.1, 0.15) is 41.3 Å². The lowest BCUT2D eigenvalue weighted by Gasteiger charge is -2.15. The van der Waals surface area contributed by atoms with Crippen molar-refractivity contribution in [3.05, 3.63) is 71.2 Å². The van der Waals surface area contributed by atoms with Crippen LogP contribution in [0.5, 0.6) is 5.75 Å². The minimum atomic E-state index is -0.282. The number of hydrogen-bond acceptors (Lipinski definition) is 5. The van der Waals surface area contributed by atoms with E-state index < -0.39 is 0 Å². The molecule has 29 heavy (non-hydrogen) atoms. The van der Waals surface area contributed by atoms with Crippen LogP contribution in [0.15, 0.2) is 48.5 Å². The summed E-state index contributed by atoms with van der Waals surface area (Å²) in [5.41, 5.74) is 3.99. The van der Waals surface area contributed by atoms with Crippen LogP contribution in [-0.2, 0) is 0 Å². The van der Waals surface area contributed by atoms with Crippen molar-refractivity contribution in [1.29, 1.82) is 0 Å². The third-order valence-corrected chi connectivity index (χ3v) is 4.06. The summed E-state index contributed by atoms with van der Waals surface area (Å²) in [5, 5.41) is 6.15. The summed E-state index contributed by atoms with van der Waals surface area (Å²) in [6.45, 7) is 9.70. The molecule has 0 unspecified atom stereocenters. The number of nitrogens with zero attached hydrogens (tertiary/aromatic N) is 2. The van der Waals surface area contributed by atoms with Crippen LogP contribution in [0.4, 0.5) is 17.2 Å². The molecule has 6 heteroatoms. The molecule has 2 N–H and O–H groups in total. The van der Waals surface area contributed by atoms with Crippen molar-refractivity contribution >= 4 is 23.1 Å². The molecule has 3 aromatic rings. The minimum Gasteiger partial charge on any atom is -0.489 e. The molecule has 0 aliphatic carbocycles. The molecule has 1 aromatic heterocycles. The van der Waals surface area contributed by atoms with Crippen LogP contribution in [0.25, 0.3) is 0 Å². The lowest BCUT2D eigenvalue weighted by Crippen LogP contribution is -2.15. The monoisotopic (exact) mass is 390 g/mol. The molecule has 6 nitrogen and oxygen atoms in total. The first kappa shape index (κ1) is 20.3. The molecule has 0 aliphatic rings. The first-order chi connectivity index (χ1) is 13.8. The van der Waals surface area contributed by atoms with Gasteiger partial charge in [-0.05, 0) is 70.0 Å². The SMILES string of the molecule is Cc1cc(C)cc(NC(=O)c2cc(Nc3ccccc3OC(C)C)nc(C)n2)c1. The standard InChI is InChI=1S/C23H26N4O2/c1-14(2)29-21-9-7-6-8-19(21)27-22-13-20(24-17(5)25-22)23(28)26-18-11-15(3)10-16(4)12-18/h6-14H,1-5H3,(H,26,28)(H,24,25,27). The van der Waals surface area contributed by atoms with E-state index in [0.717, 1.165) is 28.3 Å². The zero-order valence-corrected chi connectivity index (χ0v) is 17.4. The Bertz CT molecular complexity index is 1010. The number of ether oxygens (including phenoxy) is 1. The minimum absolute atomic E-state index is 0.0456. The lowest BCUT2D eigenvalue weighted by molar-refractivity contribution is 0.102. The van der Waals surface area contributed by atoms with Crippen LogP contribution in [0.3, 0.4) is 0 Å². The van der Waals surface area contributed by atoms with Crippen LogP contribution in [0.2, 0.25) is 0 Å². The van der Waals surface area contributed by atoms with E-state index in [1.54, 1.807) is 13.0 Å². The Morgan fingerprint density at radius 3 is 2.34 bits per heavy atom. The van der Waals surface area contributed by atoms with Gasteiger partial charge in [-0.15, -0.1) is 0 Å². The van der Waals surface area contributed by atoms with Crippen molar-refractivity contribution in [1.82, 2.24) is 9.97 Å². The fraction of sp³-hybridized carbons (Fsp3) is 0.261. The number of para-hydroxylation sites is 2. The maximum Gasteiger partial charge on any atom is 0.274 e. The molecule has 0 aliphatic heterocycles. The van der Waals surface area contributed by atoms with Gasteiger partial charge in [0, 0.05) is 11.8 Å². The van der Waals surface area contributed by atoms with E-state index in [-0.39, 0.29) is 12.0 Å². The van der Waals surface area contributed by atoms with Crippen molar-refractivity contribution in [3.63, 3.8) is 0 Å². The second-order valence-corrected chi connectivity index (χ2v) is 7.30. The lowest BCUT2D eigenvalue weighted by atomic mass is 10.1. The van der Waals surface area contributed by atoms with E-state index in [9.17, 15) is 4.79 Å². The largest absolute Gasteiger partial charge is 0.489 e. The Morgan fingerprint density at radius 1 is 0.966 bits per heavy atom. The highest BCUT2D eigenvalue weighted by atomic mass is 16.5. The zero-order chi connectivity index (χ0) is 21.0. The topological polar surface area (TPSA) is 76.1 Å². The summed E-state index contributed by atoms with van der Waals surface area (Å²) in [6.07, 6.45) is 0.0456. The second kappa shape index (κ2) is 8.73. The Hall–Kier alpha value is -3.41. The predicted octanol–water partition coefficient (Wildman–Crippen LogP) is 5.18. The highest BCUT2D eigenvalue weighted by Crippen LogP contribution is 2.28. The summed E-state index contributed by atoms with van der Waals surface area (Å²) in [4.78, 5) is 21.5. The van der Waals surface area contributed by atoms with Crippen molar-refractivity contribution in [3.8, 4) is 5.75 Å². The molecule has 0 saturated heterocycles. The molecular weight excluding hydrogens is 364 g/mol. The molecule has 0 saturated carbocycles. The number of hydrogen-bond donors (Lipinski definition) is 2. The zero-order valence-electron chi connectivity index (χ0n) is 17.4. The van der Waals surface area contributed by atoms with Gasteiger partial charge in [0.05, 0.1) is 11.8 Å². The molecule has 0 radical (unpaired) electrons. The van der Waals surface area contributed by atoms with E-state index in [0.29, 0.717) is 17.3 Å². The summed E-state index contributed by atoms with van der Waals surface area (Å²) in [5.74, 6) is 1.47. The van der Waals surface area contributed by atoms with Gasteiger partial charge in [-0.3, -0.25) is 4.79 Å². The average molecular weight is 390 g/mol. The van der Waals surface area contributed by atoms with Gasteiger partial charge in [-0.1, -0.05) is 18.2 Å². The molecular formula is C23H26N4O2. The van der Waals surface area contributed by atoms with Crippen LogP contribution in [-0.4, -0.2) is 22.0 Å². The maximum absolute atomic E-state index is 12.8. The van der Waals surface area contributed by atoms with Gasteiger partial charge in [-0.2, -0.15) is 0 Å². The molecule has 0 spiro atoms. The van der Waals surface area contributed by atoms with E-state index in [4.69, 9.17) is 4.74 Å². The number of benzene rings is 2. The number of rotatable bonds is 6. The summed E-state index contributed by atoms with van der Waals surface area (Å²) >= 11 is 0. The highest BCUT2D eigenvalue weighted by molar-refractivity contribution is 6.03. The maximum atomic E-state index is 12.8. The Kier molecular flexibility index (Phi) is 6.12. The fourth-order valence-electron chi connectivity index (χ4n) is 3.05. The third kappa shape index (κ3) is 5.54. The van der Waals surface area contributed by atoms with E-state index in [1.807, 2.05) is 64.1 Å². The average Bonchev–Trinajstić information content (AvgIpc) is 2.61. The van der Waals surface area contributed by atoms with Crippen LogP contribution < -0.4 is 15.4 Å². The Morgan fingerprint density at radius 2 is 1.66 bits per heavy atom. The summed E-state index contributed by atoms with van der Waals surface area (Å²) in [7, 11) is 0. The molecule has 0 bridgehead atoms. The van der Waals surface area contributed by atoms with Gasteiger partial charge < -0.3 is 15.4 Å². The van der Waals surface area contributed by atoms with Crippen molar-refractivity contribution in [2.75, 3.05) is 10.6 Å². The van der Waals surface area contributed by atoms with Crippen molar-refractivity contribution in [2.24, 2.45) is 0 Å². The Labute approximate surface area is 171 Å².